The van der Waals surface area contributed by atoms with Gasteiger partial charge in [0.1, 0.15) is 12.1 Å². The topological polar surface area (TPSA) is 77.6 Å². The van der Waals surface area contributed by atoms with Crippen molar-refractivity contribution in [1.29, 1.82) is 10.5 Å². The monoisotopic (exact) mass is 582 g/mol. The summed E-state index contributed by atoms with van der Waals surface area (Å²) in [5.41, 5.74) is 5.91. The minimum Gasteiger partial charge on any atom is -0.368 e. The molecule has 2 unspecified atom stereocenters. The van der Waals surface area contributed by atoms with Gasteiger partial charge in [-0.25, -0.2) is 8.78 Å². The van der Waals surface area contributed by atoms with Gasteiger partial charge in [0, 0.05) is 69.5 Å². The van der Waals surface area contributed by atoms with Crippen molar-refractivity contribution in [2.75, 3.05) is 49.1 Å². The first kappa shape index (κ1) is 30.0. The first-order valence-corrected chi connectivity index (χ1v) is 14.6. The van der Waals surface area contributed by atoms with E-state index < -0.39 is 11.6 Å². The second kappa shape index (κ2) is 12.4. The smallest absolute Gasteiger partial charge is 0.254 e. The Labute approximate surface area is 252 Å². The van der Waals surface area contributed by atoms with Gasteiger partial charge in [-0.3, -0.25) is 9.69 Å². The zero-order valence-corrected chi connectivity index (χ0v) is 25.1. The lowest BCUT2D eigenvalue weighted by Gasteiger charge is -2.42. The summed E-state index contributed by atoms with van der Waals surface area (Å²) in [6.07, 6.45) is 0. The quantitative estimate of drug-likeness (QED) is 0.402. The summed E-state index contributed by atoms with van der Waals surface area (Å²) in [6.45, 7) is 12.6. The molecule has 0 spiro atoms. The number of piperazine rings is 2. The van der Waals surface area contributed by atoms with Crippen LogP contribution in [-0.2, 0) is 6.54 Å². The molecule has 9 heteroatoms. The molecule has 1 amide bonds. The number of nitriles is 2. The van der Waals surface area contributed by atoms with E-state index in [-0.39, 0.29) is 23.6 Å². The molecule has 0 N–H and O–H groups in total. The van der Waals surface area contributed by atoms with E-state index in [0.717, 1.165) is 60.7 Å². The predicted octanol–water partition coefficient (Wildman–Crippen LogP) is 5.39. The molecule has 0 radical (unpaired) electrons. The van der Waals surface area contributed by atoms with Crippen LogP contribution in [0, 0.1) is 48.1 Å². The largest absolute Gasteiger partial charge is 0.368 e. The van der Waals surface area contributed by atoms with E-state index in [2.05, 4.69) is 35.8 Å². The molecule has 0 bridgehead atoms. The Balaban J connectivity index is 1.29. The summed E-state index contributed by atoms with van der Waals surface area (Å²) >= 11 is 0. The Kier molecular flexibility index (Phi) is 8.66. The zero-order valence-electron chi connectivity index (χ0n) is 25.1. The summed E-state index contributed by atoms with van der Waals surface area (Å²) in [5, 5.41) is 19.0. The molecule has 222 valence electrons. The van der Waals surface area contributed by atoms with Crippen molar-refractivity contribution in [3.63, 3.8) is 0 Å². The maximum atomic E-state index is 14.0. The molecule has 0 aromatic heterocycles. The van der Waals surface area contributed by atoms with Crippen LogP contribution in [0.5, 0.6) is 0 Å². The highest BCUT2D eigenvalue weighted by Gasteiger charge is 2.31. The van der Waals surface area contributed by atoms with Crippen molar-refractivity contribution in [3.05, 3.63) is 93.5 Å². The molecular weight excluding hydrogens is 546 g/mol. The average molecular weight is 583 g/mol. The number of aryl methyl sites for hydroxylation is 2. The van der Waals surface area contributed by atoms with Crippen molar-refractivity contribution in [2.24, 2.45) is 0 Å². The lowest BCUT2D eigenvalue weighted by molar-refractivity contribution is 0.0673. The van der Waals surface area contributed by atoms with Crippen LogP contribution in [0.4, 0.5) is 20.2 Å². The van der Waals surface area contributed by atoms with E-state index in [0.29, 0.717) is 36.4 Å². The molecule has 3 aromatic rings. The molecule has 0 saturated carbocycles. The van der Waals surface area contributed by atoms with Crippen molar-refractivity contribution in [1.82, 2.24) is 9.80 Å². The number of amides is 1. The van der Waals surface area contributed by atoms with Gasteiger partial charge in [0.15, 0.2) is 11.6 Å². The number of para-hydroxylation sites is 1. The summed E-state index contributed by atoms with van der Waals surface area (Å²) in [4.78, 5) is 22.3. The third-order valence-electron chi connectivity index (χ3n) is 8.81. The average Bonchev–Trinajstić information content (AvgIpc) is 3.00. The number of benzene rings is 3. The van der Waals surface area contributed by atoms with Crippen LogP contribution in [0.1, 0.15) is 52.0 Å². The van der Waals surface area contributed by atoms with Crippen molar-refractivity contribution < 1.29 is 13.6 Å². The minimum atomic E-state index is -1.05. The Morgan fingerprint density at radius 2 is 1.47 bits per heavy atom. The van der Waals surface area contributed by atoms with Crippen molar-refractivity contribution >= 4 is 17.3 Å². The Morgan fingerprint density at radius 3 is 2.16 bits per heavy atom. The van der Waals surface area contributed by atoms with E-state index >= 15 is 0 Å². The summed E-state index contributed by atoms with van der Waals surface area (Å²) in [6, 6.07) is 18.1. The fraction of sp³-hybridized carbons (Fsp3) is 0.382. The SMILES string of the molecule is Cc1cc(C)c(C(=O)N2CCN(c3cc(F)c(F)cc3C#N)CC2C)cc1CN1CCN(c2ccccc2C#N)CC1C. The summed E-state index contributed by atoms with van der Waals surface area (Å²) in [7, 11) is 0. The Bertz CT molecular complexity index is 1630. The van der Waals surface area contributed by atoms with Crippen LogP contribution in [0.3, 0.4) is 0 Å². The number of nitrogens with zero attached hydrogens (tertiary/aromatic N) is 6. The van der Waals surface area contributed by atoms with Gasteiger partial charge in [-0.1, -0.05) is 18.2 Å². The highest BCUT2D eigenvalue weighted by atomic mass is 19.2. The van der Waals surface area contributed by atoms with Crippen LogP contribution in [0.15, 0.2) is 48.5 Å². The molecule has 2 saturated heterocycles. The van der Waals surface area contributed by atoms with Crippen LogP contribution >= 0.6 is 0 Å². The Hall–Kier alpha value is -4.47. The van der Waals surface area contributed by atoms with E-state index in [1.165, 1.54) is 0 Å². The standard InChI is InChI=1S/C34H36F2N6O/c1-22-13-23(2)29(14-28(22)21-39-9-10-40(19-24(39)3)32-8-6-5-7-26(32)17-37)34(43)42-12-11-41(20-25(42)4)33-16-31(36)30(35)15-27(33)18-38/h5-8,13-16,24-25H,9-12,19-21H2,1-4H3. The predicted molar refractivity (Wildman–Crippen MR) is 163 cm³/mol. The highest BCUT2D eigenvalue weighted by molar-refractivity contribution is 5.96. The number of carbonyl (C=O) groups excluding carboxylic acids is 1. The number of rotatable bonds is 5. The second-order valence-electron chi connectivity index (χ2n) is 11.7. The third-order valence-corrected chi connectivity index (χ3v) is 8.81. The molecule has 2 atom stereocenters. The molecule has 2 fully saturated rings. The lowest BCUT2D eigenvalue weighted by Crippen LogP contribution is -2.54. The molecular formula is C34H36F2N6O. The van der Waals surface area contributed by atoms with Gasteiger partial charge in [-0.05, 0) is 68.7 Å². The summed E-state index contributed by atoms with van der Waals surface area (Å²) in [5.74, 6) is -2.10. The lowest BCUT2D eigenvalue weighted by atomic mass is 9.97. The van der Waals surface area contributed by atoms with E-state index in [4.69, 9.17) is 0 Å². The van der Waals surface area contributed by atoms with Gasteiger partial charge in [0.05, 0.1) is 22.5 Å². The fourth-order valence-electron chi connectivity index (χ4n) is 6.33. The number of hydrogen-bond acceptors (Lipinski definition) is 6. The van der Waals surface area contributed by atoms with Crippen molar-refractivity contribution in [3.8, 4) is 12.1 Å². The van der Waals surface area contributed by atoms with E-state index in [1.54, 1.807) is 0 Å². The van der Waals surface area contributed by atoms with E-state index in [9.17, 15) is 24.1 Å². The van der Waals surface area contributed by atoms with Crippen LogP contribution in [0.25, 0.3) is 0 Å². The molecule has 0 aliphatic carbocycles. The Morgan fingerprint density at radius 1 is 0.814 bits per heavy atom. The minimum absolute atomic E-state index is 0.0531. The number of hydrogen-bond donors (Lipinski definition) is 0. The van der Waals surface area contributed by atoms with Crippen LogP contribution in [0.2, 0.25) is 0 Å². The van der Waals surface area contributed by atoms with Crippen LogP contribution in [-0.4, -0.2) is 67.1 Å². The van der Waals surface area contributed by atoms with E-state index in [1.807, 2.05) is 60.0 Å². The highest BCUT2D eigenvalue weighted by Crippen LogP contribution is 2.29. The van der Waals surface area contributed by atoms with Gasteiger partial charge in [0.2, 0.25) is 0 Å². The normalized spacial score (nSPS) is 19.2. The number of anilines is 2. The zero-order chi connectivity index (χ0) is 30.8. The number of carbonyl (C=O) groups is 1. The molecule has 2 heterocycles. The molecule has 5 rings (SSSR count). The molecule has 3 aromatic carbocycles. The molecule has 43 heavy (non-hydrogen) atoms. The van der Waals surface area contributed by atoms with Crippen molar-refractivity contribution in [2.45, 2.75) is 46.3 Å². The fourth-order valence-corrected chi connectivity index (χ4v) is 6.33. The maximum absolute atomic E-state index is 14.0. The van der Waals surface area contributed by atoms with Gasteiger partial charge in [0.25, 0.3) is 5.91 Å². The molecule has 2 aliphatic rings. The van der Waals surface area contributed by atoms with Gasteiger partial charge < -0.3 is 14.7 Å². The van der Waals surface area contributed by atoms with Gasteiger partial charge in [-0.15, -0.1) is 0 Å². The number of halogens is 2. The van der Waals surface area contributed by atoms with Gasteiger partial charge >= 0.3 is 0 Å². The first-order chi connectivity index (χ1) is 20.6. The second-order valence-corrected chi connectivity index (χ2v) is 11.7. The maximum Gasteiger partial charge on any atom is 0.254 e. The molecule has 7 nitrogen and oxygen atoms in total. The molecule has 2 aliphatic heterocycles. The third kappa shape index (κ3) is 6.04. The van der Waals surface area contributed by atoms with Gasteiger partial charge in [-0.2, -0.15) is 10.5 Å². The summed E-state index contributed by atoms with van der Waals surface area (Å²) < 4.78 is 27.7. The first-order valence-electron chi connectivity index (χ1n) is 14.6. The van der Waals surface area contributed by atoms with Crippen LogP contribution < -0.4 is 9.80 Å².